The van der Waals surface area contributed by atoms with Crippen LogP contribution in [0.25, 0.3) is 0 Å². The number of aliphatic hydroxyl groups is 1. The zero-order valence-corrected chi connectivity index (χ0v) is 12.5. The van der Waals surface area contributed by atoms with E-state index in [1.165, 1.54) is 0 Å². The minimum atomic E-state index is -0.674. The molecule has 0 radical (unpaired) electrons. The van der Waals surface area contributed by atoms with Crippen LogP contribution in [-0.2, 0) is 9.47 Å². The Morgan fingerprint density at radius 1 is 1.25 bits per heavy atom. The van der Waals surface area contributed by atoms with Crippen LogP contribution in [0.1, 0.15) is 38.4 Å². The van der Waals surface area contributed by atoms with Crippen molar-refractivity contribution in [1.82, 2.24) is 0 Å². The molecule has 20 heavy (non-hydrogen) atoms. The van der Waals surface area contributed by atoms with Crippen molar-refractivity contribution in [1.29, 1.82) is 0 Å². The first kappa shape index (κ1) is 15.3. The maximum Gasteiger partial charge on any atom is 0.120 e. The summed E-state index contributed by atoms with van der Waals surface area (Å²) in [6.07, 6.45) is 0.828. The lowest BCUT2D eigenvalue weighted by Gasteiger charge is -2.39. The first-order valence-corrected chi connectivity index (χ1v) is 7.15. The smallest absolute Gasteiger partial charge is 0.120 e. The van der Waals surface area contributed by atoms with Crippen LogP contribution in [0.3, 0.4) is 0 Å². The summed E-state index contributed by atoms with van der Waals surface area (Å²) in [4.78, 5) is 0. The molecule has 1 fully saturated rings. The van der Waals surface area contributed by atoms with Crippen LogP contribution in [0.5, 0.6) is 5.75 Å². The number of hydrogen-bond acceptors (Lipinski definition) is 4. The molecule has 2 rings (SSSR count). The van der Waals surface area contributed by atoms with Crippen LogP contribution in [0.4, 0.5) is 0 Å². The first-order chi connectivity index (χ1) is 9.57. The molecule has 0 amide bonds. The van der Waals surface area contributed by atoms with E-state index in [1.54, 1.807) is 7.11 Å². The number of aliphatic hydroxyl groups excluding tert-OH is 1. The van der Waals surface area contributed by atoms with Crippen LogP contribution in [0.2, 0.25) is 0 Å². The topological polar surface area (TPSA) is 47.9 Å². The van der Waals surface area contributed by atoms with Crippen molar-refractivity contribution in [3.05, 3.63) is 29.8 Å². The molecule has 4 heteroatoms. The highest BCUT2D eigenvalue weighted by Gasteiger charge is 2.40. The van der Waals surface area contributed by atoms with E-state index >= 15 is 0 Å². The lowest BCUT2D eigenvalue weighted by Crippen LogP contribution is -2.43. The summed E-state index contributed by atoms with van der Waals surface area (Å²) >= 11 is 0. The zero-order chi connectivity index (χ0) is 14.6. The van der Waals surface area contributed by atoms with Gasteiger partial charge < -0.3 is 19.3 Å². The van der Waals surface area contributed by atoms with Gasteiger partial charge in [0.2, 0.25) is 0 Å². The Balaban J connectivity index is 2.20. The fourth-order valence-corrected chi connectivity index (χ4v) is 2.64. The molecule has 112 valence electrons. The zero-order valence-electron chi connectivity index (χ0n) is 12.5. The molecule has 1 aliphatic rings. The lowest BCUT2D eigenvalue weighted by atomic mass is 9.84. The highest BCUT2D eigenvalue weighted by atomic mass is 16.5. The molecule has 0 saturated carbocycles. The average Bonchev–Trinajstić information content (AvgIpc) is 2.47. The molecule has 1 atom stereocenters. The normalized spacial score (nSPS) is 19.9. The number of hydrogen-bond donors (Lipinski definition) is 1. The molecule has 1 aromatic rings. The summed E-state index contributed by atoms with van der Waals surface area (Å²) in [5.74, 6) is 0.773. The van der Waals surface area contributed by atoms with Gasteiger partial charge in [-0.3, -0.25) is 0 Å². The van der Waals surface area contributed by atoms with E-state index in [9.17, 15) is 5.11 Å². The predicted octanol–water partition coefficient (Wildman–Crippen LogP) is 2.70. The molecular weight excluding hydrogens is 256 g/mol. The fraction of sp³-hybridized carbons (Fsp3) is 0.625. The molecule has 1 heterocycles. The Kier molecular flexibility index (Phi) is 5.02. The van der Waals surface area contributed by atoms with E-state index < -0.39 is 11.7 Å². The van der Waals surface area contributed by atoms with E-state index in [-0.39, 0.29) is 6.10 Å². The van der Waals surface area contributed by atoms with Crippen molar-refractivity contribution in [2.45, 2.75) is 44.5 Å². The third-order valence-corrected chi connectivity index (χ3v) is 3.79. The van der Waals surface area contributed by atoms with E-state index in [4.69, 9.17) is 14.2 Å². The standard InChI is InChI=1S/C16H24O4/c1-12(2)20-14-6-4-5-13(11-14)15(17)16(18-3)7-9-19-10-8-16/h4-6,11-12,15,17H,7-10H2,1-3H3. The van der Waals surface area contributed by atoms with Crippen LogP contribution < -0.4 is 4.74 Å². The molecule has 0 aromatic heterocycles. The van der Waals surface area contributed by atoms with Crippen molar-refractivity contribution >= 4 is 0 Å². The predicted molar refractivity (Wildman–Crippen MR) is 77.0 cm³/mol. The largest absolute Gasteiger partial charge is 0.491 e. The summed E-state index contributed by atoms with van der Waals surface area (Å²) in [6.45, 7) is 5.20. The van der Waals surface area contributed by atoms with Crippen LogP contribution in [-0.4, -0.2) is 37.1 Å². The molecule has 1 unspecified atom stereocenters. The van der Waals surface area contributed by atoms with Gasteiger partial charge in [0, 0.05) is 33.2 Å². The third kappa shape index (κ3) is 3.32. The van der Waals surface area contributed by atoms with Gasteiger partial charge in [-0.25, -0.2) is 0 Å². The van der Waals surface area contributed by atoms with Gasteiger partial charge in [0.25, 0.3) is 0 Å². The SMILES string of the molecule is COC1(C(O)c2cccc(OC(C)C)c2)CCOCC1. The maximum absolute atomic E-state index is 10.7. The Labute approximate surface area is 120 Å². The molecule has 1 N–H and O–H groups in total. The minimum Gasteiger partial charge on any atom is -0.491 e. The van der Waals surface area contributed by atoms with Crippen LogP contribution >= 0.6 is 0 Å². The van der Waals surface area contributed by atoms with Crippen molar-refractivity contribution < 1.29 is 19.3 Å². The highest BCUT2D eigenvalue weighted by Crippen LogP contribution is 2.38. The van der Waals surface area contributed by atoms with Gasteiger partial charge in [0.1, 0.15) is 17.5 Å². The van der Waals surface area contributed by atoms with Gasteiger partial charge in [0.05, 0.1) is 6.10 Å². The molecule has 1 aromatic carbocycles. The van der Waals surface area contributed by atoms with Crippen molar-refractivity contribution in [2.75, 3.05) is 20.3 Å². The summed E-state index contributed by atoms with van der Waals surface area (Å²) in [5.41, 5.74) is 0.265. The van der Waals surface area contributed by atoms with Gasteiger partial charge in [-0.15, -0.1) is 0 Å². The van der Waals surface area contributed by atoms with Gasteiger partial charge >= 0.3 is 0 Å². The lowest BCUT2D eigenvalue weighted by molar-refractivity contribution is -0.154. The first-order valence-electron chi connectivity index (χ1n) is 7.15. The Bertz CT molecular complexity index is 424. The van der Waals surface area contributed by atoms with Crippen molar-refractivity contribution in [3.8, 4) is 5.75 Å². The van der Waals surface area contributed by atoms with E-state index in [1.807, 2.05) is 38.1 Å². The van der Waals surface area contributed by atoms with Gasteiger partial charge in [-0.2, -0.15) is 0 Å². The van der Waals surface area contributed by atoms with E-state index in [0.717, 1.165) is 11.3 Å². The Morgan fingerprint density at radius 2 is 1.95 bits per heavy atom. The summed E-state index contributed by atoms with van der Waals surface area (Å²) in [6, 6.07) is 7.60. The molecular formula is C16H24O4. The summed E-state index contributed by atoms with van der Waals surface area (Å²) < 4.78 is 16.7. The number of ether oxygens (including phenoxy) is 3. The second-order valence-electron chi connectivity index (χ2n) is 5.52. The molecule has 1 saturated heterocycles. The quantitative estimate of drug-likeness (QED) is 0.901. The Morgan fingerprint density at radius 3 is 2.55 bits per heavy atom. The maximum atomic E-state index is 10.7. The average molecular weight is 280 g/mol. The molecule has 0 bridgehead atoms. The molecule has 0 spiro atoms. The van der Waals surface area contributed by atoms with Gasteiger partial charge in [-0.05, 0) is 31.5 Å². The number of methoxy groups -OCH3 is 1. The monoisotopic (exact) mass is 280 g/mol. The van der Waals surface area contributed by atoms with Crippen molar-refractivity contribution in [2.24, 2.45) is 0 Å². The van der Waals surface area contributed by atoms with E-state index in [0.29, 0.717) is 26.1 Å². The van der Waals surface area contributed by atoms with Gasteiger partial charge in [-0.1, -0.05) is 12.1 Å². The van der Waals surface area contributed by atoms with Crippen LogP contribution in [0.15, 0.2) is 24.3 Å². The molecule has 1 aliphatic heterocycles. The molecule has 0 aliphatic carbocycles. The number of rotatable bonds is 5. The Hall–Kier alpha value is -1.10. The van der Waals surface area contributed by atoms with E-state index in [2.05, 4.69) is 0 Å². The second kappa shape index (κ2) is 6.57. The minimum absolute atomic E-state index is 0.113. The molecule has 4 nitrogen and oxygen atoms in total. The van der Waals surface area contributed by atoms with Crippen LogP contribution in [0, 0.1) is 0 Å². The third-order valence-electron chi connectivity index (χ3n) is 3.79. The fourth-order valence-electron chi connectivity index (χ4n) is 2.64. The highest BCUT2D eigenvalue weighted by molar-refractivity contribution is 5.31. The number of benzene rings is 1. The van der Waals surface area contributed by atoms with Crippen molar-refractivity contribution in [3.63, 3.8) is 0 Å². The van der Waals surface area contributed by atoms with Gasteiger partial charge in [0.15, 0.2) is 0 Å². The summed E-state index contributed by atoms with van der Waals surface area (Å²) in [7, 11) is 1.66. The summed E-state index contributed by atoms with van der Waals surface area (Å²) in [5, 5.41) is 10.7. The second-order valence-corrected chi connectivity index (χ2v) is 5.52.